The van der Waals surface area contributed by atoms with E-state index in [2.05, 4.69) is 119 Å². The lowest BCUT2D eigenvalue weighted by molar-refractivity contribution is 0.620. The van der Waals surface area contributed by atoms with Crippen LogP contribution in [-0.4, -0.2) is 4.98 Å². The molecule has 0 saturated heterocycles. The molecule has 9 rings (SSSR count). The number of fused-ring (bicyclic) bond motifs is 4. The highest BCUT2D eigenvalue weighted by Gasteiger charge is 2.24. The summed E-state index contributed by atoms with van der Waals surface area (Å²) in [6, 6.07) is 60.2. The van der Waals surface area contributed by atoms with Crippen LogP contribution in [-0.2, 0) is 0 Å². The van der Waals surface area contributed by atoms with Crippen LogP contribution < -0.4 is 9.80 Å². The molecule has 0 bridgehead atoms. The zero-order valence-corrected chi connectivity index (χ0v) is 25.9. The molecule has 0 aliphatic carbocycles. The molecule has 2 heterocycles. The Kier molecular flexibility index (Phi) is 6.72. The van der Waals surface area contributed by atoms with Crippen LogP contribution in [0.2, 0.25) is 0 Å². The molecule has 48 heavy (non-hydrogen) atoms. The van der Waals surface area contributed by atoms with Crippen LogP contribution in [0.25, 0.3) is 44.5 Å². The SMILES string of the molecule is c1ccc(-c2nc3c(N(c4ccccc4)c4ccc5oc6ccccc6c5c4)cc(N(c4ccccc4)c4ccccc4)cc3o2)cc1. The van der Waals surface area contributed by atoms with Gasteiger partial charge in [0, 0.05) is 45.2 Å². The predicted octanol–water partition coefficient (Wildman–Crippen LogP) is 12.3. The van der Waals surface area contributed by atoms with Gasteiger partial charge in [0.25, 0.3) is 0 Å². The van der Waals surface area contributed by atoms with Gasteiger partial charge in [-0.25, -0.2) is 4.98 Å². The van der Waals surface area contributed by atoms with Gasteiger partial charge in [0.2, 0.25) is 5.89 Å². The standard InChI is InChI=1S/C43H29N3O2/c1-5-15-30(16-6-1)43-44-42-38(28-35(29-41(42)48-43)45(31-17-7-2-8-18-31)32-19-9-3-10-20-32)46(33-21-11-4-12-22-33)34-25-26-40-37(27-34)36-23-13-14-24-39(36)47-40/h1-29H. The van der Waals surface area contributed by atoms with E-state index in [0.717, 1.165) is 67.1 Å². The monoisotopic (exact) mass is 619 g/mol. The van der Waals surface area contributed by atoms with Gasteiger partial charge in [0.1, 0.15) is 16.7 Å². The highest BCUT2D eigenvalue weighted by Crippen LogP contribution is 2.46. The van der Waals surface area contributed by atoms with Gasteiger partial charge >= 0.3 is 0 Å². The predicted molar refractivity (Wildman–Crippen MR) is 196 cm³/mol. The summed E-state index contributed by atoms with van der Waals surface area (Å²) in [6.45, 7) is 0. The van der Waals surface area contributed by atoms with Crippen molar-refractivity contribution in [3.05, 3.63) is 176 Å². The molecule has 9 aromatic rings. The number of oxazole rings is 1. The van der Waals surface area contributed by atoms with Crippen molar-refractivity contribution in [1.29, 1.82) is 0 Å². The maximum atomic E-state index is 6.62. The van der Waals surface area contributed by atoms with E-state index in [9.17, 15) is 0 Å². The molecule has 0 aliphatic heterocycles. The molecule has 7 aromatic carbocycles. The average molecular weight is 620 g/mol. The minimum atomic E-state index is 0.569. The van der Waals surface area contributed by atoms with E-state index in [1.807, 2.05) is 66.7 Å². The lowest BCUT2D eigenvalue weighted by Gasteiger charge is -2.29. The van der Waals surface area contributed by atoms with Crippen molar-refractivity contribution in [2.45, 2.75) is 0 Å². The zero-order chi connectivity index (χ0) is 31.9. The van der Waals surface area contributed by atoms with E-state index in [4.69, 9.17) is 13.8 Å². The largest absolute Gasteiger partial charge is 0.456 e. The Bertz CT molecular complexity index is 2470. The van der Waals surface area contributed by atoms with E-state index in [1.165, 1.54) is 0 Å². The second-order valence-corrected chi connectivity index (χ2v) is 11.7. The van der Waals surface area contributed by atoms with Gasteiger partial charge < -0.3 is 18.6 Å². The Morgan fingerprint density at radius 1 is 0.375 bits per heavy atom. The van der Waals surface area contributed by atoms with Gasteiger partial charge in [0.05, 0.1) is 11.4 Å². The van der Waals surface area contributed by atoms with Crippen molar-refractivity contribution in [2.75, 3.05) is 9.80 Å². The van der Waals surface area contributed by atoms with Gasteiger partial charge in [-0.1, -0.05) is 91.0 Å². The van der Waals surface area contributed by atoms with Crippen molar-refractivity contribution in [3.8, 4) is 11.5 Å². The average Bonchev–Trinajstić information content (AvgIpc) is 3.76. The topological polar surface area (TPSA) is 45.7 Å². The number of furan rings is 1. The Labute approximate surface area is 277 Å². The molecule has 0 fully saturated rings. The molecule has 0 spiro atoms. The minimum absolute atomic E-state index is 0.569. The molecule has 0 amide bonds. The van der Waals surface area contributed by atoms with Gasteiger partial charge in [-0.15, -0.1) is 0 Å². The van der Waals surface area contributed by atoms with E-state index >= 15 is 0 Å². The maximum absolute atomic E-state index is 6.62. The lowest BCUT2D eigenvalue weighted by Crippen LogP contribution is -2.13. The first-order valence-corrected chi connectivity index (χ1v) is 16.0. The summed E-state index contributed by atoms with van der Waals surface area (Å²) in [5.74, 6) is 0.569. The van der Waals surface area contributed by atoms with Crippen LogP contribution in [0.15, 0.2) is 185 Å². The van der Waals surface area contributed by atoms with E-state index in [-0.39, 0.29) is 0 Å². The Morgan fingerprint density at radius 2 is 0.938 bits per heavy atom. The summed E-state index contributed by atoms with van der Waals surface area (Å²) >= 11 is 0. The molecule has 0 unspecified atom stereocenters. The third-order valence-corrected chi connectivity index (χ3v) is 8.64. The number of anilines is 6. The molecule has 2 aromatic heterocycles. The first kappa shape index (κ1) is 27.7. The van der Waals surface area contributed by atoms with Crippen LogP contribution in [0, 0.1) is 0 Å². The number of hydrogen-bond donors (Lipinski definition) is 0. The van der Waals surface area contributed by atoms with Crippen molar-refractivity contribution < 1.29 is 8.83 Å². The molecular weight excluding hydrogens is 590 g/mol. The van der Waals surface area contributed by atoms with Crippen molar-refractivity contribution in [3.63, 3.8) is 0 Å². The highest BCUT2D eigenvalue weighted by molar-refractivity contribution is 6.07. The summed E-state index contributed by atoms with van der Waals surface area (Å²) in [5, 5.41) is 2.13. The highest BCUT2D eigenvalue weighted by atomic mass is 16.3. The van der Waals surface area contributed by atoms with Gasteiger partial charge in [-0.3, -0.25) is 0 Å². The number of hydrogen-bond acceptors (Lipinski definition) is 5. The van der Waals surface area contributed by atoms with Gasteiger partial charge in [0.15, 0.2) is 5.58 Å². The Balaban J connectivity index is 1.34. The van der Waals surface area contributed by atoms with E-state index in [0.29, 0.717) is 11.5 Å². The van der Waals surface area contributed by atoms with E-state index in [1.54, 1.807) is 0 Å². The molecule has 5 heteroatoms. The molecule has 0 radical (unpaired) electrons. The van der Waals surface area contributed by atoms with Crippen LogP contribution in [0.1, 0.15) is 0 Å². The molecular formula is C43H29N3O2. The quantitative estimate of drug-likeness (QED) is 0.178. The van der Waals surface area contributed by atoms with E-state index < -0.39 is 0 Å². The summed E-state index contributed by atoms with van der Waals surface area (Å²) in [4.78, 5) is 9.67. The number of aromatic nitrogens is 1. The second kappa shape index (κ2) is 11.6. The van der Waals surface area contributed by atoms with Gasteiger partial charge in [-0.2, -0.15) is 0 Å². The van der Waals surface area contributed by atoms with Crippen LogP contribution in [0.4, 0.5) is 34.1 Å². The first-order valence-electron chi connectivity index (χ1n) is 16.0. The minimum Gasteiger partial charge on any atom is -0.456 e. The second-order valence-electron chi connectivity index (χ2n) is 11.7. The Hall–Kier alpha value is -6.59. The smallest absolute Gasteiger partial charge is 0.227 e. The number of benzene rings is 7. The van der Waals surface area contributed by atoms with Crippen molar-refractivity contribution in [2.24, 2.45) is 0 Å². The summed E-state index contributed by atoms with van der Waals surface area (Å²) < 4.78 is 12.8. The zero-order valence-electron chi connectivity index (χ0n) is 25.9. The third kappa shape index (κ3) is 4.86. The molecule has 228 valence electrons. The fraction of sp³-hybridized carbons (Fsp3) is 0. The van der Waals surface area contributed by atoms with Crippen molar-refractivity contribution >= 4 is 67.2 Å². The number of para-hydroxylation sites is 4. The maximum Gasteiger partial charge on any atom is 0.227 e. The fourth-order valence-electron chi connectivity index (χ4n) is 6.46. The summed E-state index contributed by atoms with van der Waals surface area (Å²) in [6.07, 6.45) is 0. The fourth-order valence-corrected chi connectivity index (χ4v) is 6.46. The molecule has 0 aliphatic rings. The Morgan fingerprint density at radius 3 is 1.60 bits per heavy atom. The van der Waals surface area contributed by atoms with Crippen LogP contribution >= 0.6 is 0 Å². The van der Waals surface area contributed by atoms with Crippen molar-refractivity contribution in [1.82, 2.24) is 4.98 Å². The molecule has 0 N–H and O–H groups in total. The lowest BCUT2D eigenvalue weighted by atomic mass is 10.1. The normalized spacial score (nSPS) is 11.3. The molecule has 0 saturated carbocycles. The number of nitrogens with zero attached hydrogens (tertiary/aromatic N) is 3. The molecule has 5 nitrogen and oxygen atoms in total. The first-order chi connectivity index (χ1) is 23.8. The third-order valence-electron chi connectivity index (χ3n) is 8.64. The van der Waals surface area contributed by atoms with Crippen LogP contribution in [0.5, 0.6) is 0 Å². The molecule has 0 atom stereocenters. The van der Waals surface area contributed by atoms with Gasteiger partial charge in [-0.05, 0) is 78.9 Å². The summed E-state index contributed by atoms with van der Waals surface area (Å²) in [5.41, 5.74) is 9.97. The number of rotatable bonds is 7. The van der Waals surface area contributed by atoms with Crippen LogP contribution in [0.3, 0.4) is 0 Å². The summed E-state index contributed by atoms with van der Waals surface area (Å²) in [7, 11) is 0.